The lowest BCUT2D eigenvalue weighted by atomic mass is 10.3. The zero-order chi connectivity index (χ0) is 10.6. The van der Waals surface area contributed by atoms with Gasteiger partial charge < -0.3 is 5.32 Å². The van der Waals surface area contributed by atoms with Gasteiger partial charge in [0.1, 0.15) is 5.82 Å². The lowest BCUT2D eigenvalue weighted by Gasteiger charge is -2.05. The largest absolute Gasteiger partial charge is 0.323 e. The van der Waals surface area contributed by atoms with E-state index in [1.54, 1.807) is 6.07 Å². The normalized spacial score (nSPS) is 9.93. The first kappa shape index (κ1) is 11.5. The smallest absolute Gasteiger partial charge is 0.234 e. The maximum absolute atomic E-state index is 13.2. The number of amides is 1. The van der Waals surface area contributed by atoms with Gasteiger partial charge in [-0.1, -0.05) is 15.9 Å². The Bertz CT molecular complexity index is 346. The topological polar surface area (TPSA) is 29.1 Å². The van der Waals surface area contributed by atoms with Gasteiger partial charge in [-0.3, -0.25) is 4.79 Å². The number of carbonyl (C=O) groups is 1. The average Bonchev–Trinajstić information content (AvgIpc) is 2.10. The van der Waals surface area contributed by atoms with Crippen LogP contribution in [-0.4, -0.2) is 17.9 Å². The molecule has 5 heteroatoms. The Morgan fingerprint density at radius 1 is 1.64 bits per heavy atom. The first-order valence-corrected chi connectivity index (χ1v) is 6.06. The van der Waals surface area contributed by atoms with Crippen LogP contribution in [0.25, 0.3) is 0 Å². The van der Waals surface area contributed by atoms with Crippen LogP contribution in [0.2, 0.25) is 0 Å². The van der Waals surface area contributed by atoms with Gasteiger partial charge in [-0.15, -0.1) is 0 Å². The standard InChI is InChI=1S/C9H9BrFNOS/c1-14-5-9(13)12-8-3-2-6(10)4-7(8)11/h2-4H,5H2,1H3,(H,12,13). The molecule has 2 nitrogen and oxygen atoms in total. The molecule has 0 saturated carbocycles. The molecule has 0 atom stereocenters. The molecule has 0 aliphatic rings. The van der Waals surface area contributed by atoms with Gasteiger partial charge in [-0.25, -0.2) is 4.39 Å². The van der Waals surface area contributed by atoms with E-state index in [1.807, 2.05) is 6.26 Å². The quantitative estimate of drug-likeness (QED) is 0.921. The van der Waals surface area contributed by atoms with Crippen LogP contribution in [-0.2, 0) is 4.79 Å². The van der Waals surface area contributed by atoms with Gasteiger partial charge in [0.15, 0.2) is 0 Å². The summed E-state index contributed by atoms with van der Waals surface area (Å²) in [4.78, 5) is 11.1. The molecule has 1 aromatic rings. The molecule has 1 aromatic carbocycles. The van der Waals surface area contributed by atoms with Crippen LogP contribution in [0.15, 0.2) is 22.7 Å². The van der Waals surface area contributed by atoms with Crippen LogP contribution >= 0.6 is 27.7 Å². The van der Waals surface area contributed by atoms with Crippen molar-refractivity contribution in [3.63, 3.8) is 0 Å². The van der Waals surface area contributed by atoms with Gasteiger partial charge in [-0.2, -0.15) is 11.8 Å². The second-order valence-corrected chi connectivity index (χ2v) is 4.39. The highest BCUT2D eigenvalue weighted by Crippen LogP contribution is 2.19. The lowest BCUT2D eigenvalue weighted by Crippen LogP contribution is -2.14. The average molecular weight is 278 g/mol. The van der Waals surface area contributed by atoms with Crippen molar-refractivity contribution in [2.45, 2.75) is 0 Å². The van der Waals surface area contributed by atoms with Gasteiger partial charge in [-0.05, 0) is 24.5 Å². The highest BCUT2D eigenvalue weighted by atomic mass is 79.9. The Labute approximate surface area is 94.4 Å². The summed E-state index contributed by atoms with van der Waals surface area (Å²) >= 11 is 4.53. The van der Waals surface area contributed by atoms with Crippen LogP contribution in [0.3, 0.4) is 0 Å². The summed E-state index contributed by atoms with van der Waals surface area (Å²) in [5, 5.41) is 2.48. The van der Waals surface area contributed by atoms with E-state index in [2.05, 4.69) is 21.2 Å². The fourth-order valence-electron chi connectivity index (χ4n) is 0.908. The summed E-state index contributed by atoms with van der Waals surface area (Å²) in [6.45, 7) is 0. The summed E-state index contributed by atoms with van der Waals surface area (Å²) in [5.41, 5.74) is 0.215. The van der Waals surface area contributed by atoms with Crippen LogP contribution in [0.4, 0.5) is 10.1 Å². The number of halogens is 2. The van der Waals surface area contributed by atoms with Crippen molar-refractivity contribution in [2.75, 3.05) is 17.3 Å². The highest BCUT2D eigenvalue weighted by Gasteiger charge is 2.06. The number of hydrogen-bond donors (Lipinski definition) is 1. The fraction of sp³-hybridized carbons (Fsp3) is 0.222. The molecule has 0 aliphatic carbocycles. The van der Waals surface area contributed by atoms with Crippen molar-refractivity contribution in [3.05, 3.63) is 28.5 Å². The van der Waals surface area contributed by atoms with Crippen molar-refractivity contribution in [3.8, 4) is 0 Å². The molecule has 0 heterocycles. The van der Waals surface area contributed by atoms with Crippen LogP contribution in [0.1, 0.15) is 0 Å². The third kappa shape index (κ3) is 3.31. The molecule has 0 aliphatic heterocycles. The van der Waals surface area contributed by atoms with Crippen molar-refractivity contribution in [1.29, 1.82) is 0 Å². The zero-order valence-electron chi connectivity index (χ0n) is 7.51. The number of carbonyl (C=O) groups excluding carboxylic acids is 1. The number of thioether (sulfide) groups is 1. The van der Waals surface area contributed by atoms with E-state index in [-0.39, 0.29) is 11.6 Å². The minimum Gasteiger partial charge on any atom is -0.323 e. The SMILES string of the molecule is CSCC(=O)Nc1ccc(Br)cc1F. The number of benzene rings is 1. The lowest BCUT2D eigenvalue weighted by molar-refractivity contribution is -0.113. The molecular formula is C9H9BrFNOS. The van der Waals surface area contributed by atoms with Gasteiger partial charge in [0, 0.05) is 4.47 Å². The predicted octanol–water partition coefficient (Wildman–Crippen LogP) is 2.89. The summed E-state index contributed by atoms with van der Waals surface area (Å²) in [6, 6.07) is 4.52. The van der Waals surface area contributed by atoms with Gasteiger partial charge in [0.05, 0.1) is 11.4 Å². The molecule has 76 valence electrons. The zero-order valence-corrected chi connectivity index (χ0v) is 9.91. The first-order chi connectivity index (χ1) is 6.63. The molecule has 1 N–H and O–H groups in total. The molecule has 0 bridgehead atoms. The molecule has 0 unspecified atom stereocenters. The number of hydrogen-bond acceptors (Lipinski definition) is 2. The van der Waals surface area contributed by atoms with E-state index in [0.29, 0.717) is 10.2 Å². The predicted molar refractivity (Wildman–Crippen MR) is 61.1 cm³/mol. The van der Waals surface area contributed by atoms with Gasteiger partial charge >= 0.3 is 0 Å². The van der Waals surface area contributed by atoms with Crippen molar-refractivity contribution < 1.29 is 9.18 Å². The highest BCUT2D eigenvalue weighted by molar-refractivity contribution is 9.10. The molecule has 0 spiro atoms. The van der Waals surface area contributed by atoms with Crippen LogP contribution in [0.5, 0.6) is 0 Å². The van der Waals surface area contributed by atoms with E-state index in [9.17, 15) is 9.18 Å². The second-order valence-electron chi connectivity index (χ2n) is 2.61. The van der Waals surface area contributed by atoms with Crippen LogP contribution in [0, 0.1) is 5.82 Å². The molecule has 14 heavy (non-hydrogen) atoms. The third-order valence-electron chi connectivity index (χ3n) is 1.48. The third-order valence-corrected chi connectivity index (χ3v) is 2.52. The maximum Gasteiger partial charge on any atom is 0.234 e. The number of nitrogens with one attached hydrogen (secondary N) is 1. The van der Waals surface area contributed by atoms with Crippen molar-refractivity contribution in [2.24, 2.45) is 0 Å². The molecule has 0 fully saturated rings. The molecule has 0 radical (unpaired) electrons. The van der Waals surface area contributed by atoms with E-state index < -0.39 is 5.82 Å². The van der Waals surface area contributed by atoms with Gasteiger partial charge in [0.2, 0.25) is 5.91 Å². The Kier molecular flexibility index (Phi) is 4.41. The number of rotatable bonds is 3. The molecule has 1 amide bonds. The van der Waals surface area contributed by atoms with Crippen LogP contribution < -0.4 is 5.32 Å². The Morgan fingerprint density at radius 2 is 2.36 bits per heavy atom. The molecule has 1 rings (SSSR count). The van der Waals surface area contributed by atoms with Crippen molar-refractivity contribution >= 4 is 39.3 Å². The van der Waals surface area contributed by atoms with Crippen molar-refractivity contribution in [1.82, 2.24) is 0 Å². The van der Waals surface area contributed by atoms with E-state index >= 15 is 0 Å². The summed E-state index contributed by atoms with van der Waals surface area (Å²) < 4.78 is 13.9. The Hall–Kier alpha value is -0.550. The Balaban J connectivity index is 2.72. The summed E-state index contributed by atoms with van der Waals surface area (Å²) in [7, 11) is 0. The Morgan fingerprint density at radius 3 is 2.93 bits per heavy atom. The van der Waals surface area contributed by atoms with Gasteiger partial charge in [0.25, 0.3) is 0 Å². The molecule has 0 saturated heterocycles. The minimum atomic E-state index is -0.436. The van der Waals surface area contributed by atoms with E-state index in [1.165, 1.54) is 23.9 Å². The summed E-state index contributed by atoms with van der Waals surface area (Å²) in [5.74, 6) is -0.303. The van der Waals surface area contributed by atoms with E-state index in [4.69, 9.17) is 0 Å². The summed E-state index contributed by atoms with van der Waals surface area (Å²) in [6.07, 6.45) is 1.82. The monoisotopic (exact) mass is 277 g/mol. The second kappa shape index (κ2) is 5.36. The molecule has 0 aromatic heterocycles. The maximum atomic E-state index is 13.2. The van der Waals surface area contributed by atoms with E-state index in [0.717, 1.165) is 0 Å². The first-order valence-electron chi connectivity index (χ1n) is 3.87. The number of anilines is 1. The minimum absolute atomic E-state index is 0.196. The molecular weight excluding hydrogens is 269 g/mol. The fourth-order valence-corrected chi connectivity index (χ4v) is 1.58.